The van der Waals surface area contributed by atoms with Gasteiger partial charge in [-0.05, 0) is 53.9 Å². The summed E-state index contributed by atoms with van der Waals surface area (Å²) in [6, 6.07) is 16.2. The summed E-state index contributed by atoms with van der Waals surface area (Å²) in [6.07, 6.45) is 5.16. The van der Waals surface area contributed by atoms with Gasteiger partial charge in [0.25, 0.3) is 0 Å². The number of hydrogen-bond donors (Lipinski definition) is 1. The van der Waals surface area contributed by atoms with Crippen LogP contribution in [0.1, 0.15) is 42.9 Å². The van der Waals surface area contributed by atoms with E-state index in [-0.39, 0.29) is 25.2 Å². The van der Waals surface area contributed by atoms with Crippen LogP contribution in [-0.4, -0.2) is 60.4 Å². The van der Waals surface area contributed by atoms with Gasteiger partial charge in [-0.15, -0.1) is 0 Å². The number of benzene rings is 2. The Morgan fingerprint density at radius 3 is 2.56 bits per heavy atom. The number of methoxy groups -OCH3 is 1. The number of carbonyl (C=O) groups is 2. The van der Waals surface area contributed by atoms with Gasteiger partial charge in [-0.25, -0.2) is 0 Å². The van der Waals surface area contributed by atoms with Crippen molar-refractivity contribution in [2.24, 2.45) is 5.92 Å². The Morgan fingerprint density at radius 2 is 1.87 bits per heavy atom. The Labute approximate surface area is 227 Å². The first-order chi connectivity index (χ1) is 19.0. The van der Waals surface area contributed by atoms with E-state index in [1.54, 1.807) is 24.4 Å². The summed E-state index contributed by atoms with van der Waals surface area (Å²) in [7, 11) is 1.59. The van der Waals surface area contributed by atoms with Crippen molar-refractivity contribution in [2.75, 3.05) is 38.4 Å². The minimum absolute atomic E-state index is 0.0696. The summed E-state index contributed by atoms with van der Waals surface area (Å²) in [5, 5.41) is 10.5. The fraction of sp³-hybridized carbons (Fsp3) is 0.367. The van der Waals surface area contributed by atoms with Crippen LogP contribution in [0, 0.1) is 5.92 Å². The molecule has 3 heterocycles. The van der Waals surface area contributed by atoms with Crippen molar-refractivity contribution in [1.82, 2.24) is 9.88 Å². The number of ether oxygens (including phenoxy) is 3. The topological polar surface area (TPSA) is 101 Å². The van der Waals surface area contributed by atoms with Crippen molar-refractivity contribution in [3.05, 3.63) is 78.1 Å². The highest BCUT2D eigenvalue weighted by Crippen LogP contribution is 2.47. The van der Waals surface area contributed by atoms with Crippen LogP contribution >= 0.6 is 0 Å². The zero-order valence-electron chi connectivity index (χ0n) is 22.2. The molecule has 1 saturated heterocycles. The number of carbonyl (C=O) groups excluding carboxylic acids is 1. The first kappa shape index (κ1) is 26.5. The molecule has 0 saturated carbocycles. The average Bonchev–Trinajstić information content (AvgIpc) is 3.58. The van der Waals surface area contributed by atoms with Crippen molar-refractivity contribution in [2.45, 2.75) is 31.7 Å². The number of aliphatic carboxylic acids is 1. The first-order valence-electron chi connectivity index (χ1n) is 13.2. The summed E-state index contributed by atoms with van der Waals surface area (Å²) in [6.45, 7) is 3.26. The van der Waals surface area contributed by atoms with Gasteiger partial charge in [0, 0.05) is 31.2 Å². The third-order valence-electron chi connectivity index (χ3n) is 7.50. The lowest BCUT2D eigenvalue weighted by Gasteiger charge is -2.30. The molecule has 3 atom stereocenters. The van der Waals surface area contributed by atoms with Crippen LogP contribution in [0.15, 0.2) is 67.0 Å². The molecular formula is C30H33N3O6. The van der Waals surface area contributed by atoms with Gasteiger partial charge in [0.2, 0.25) is 12.7 Å². The molecule has 0 aliphatic carbocycles. The highest BCUT2D eigenvalue weighted by atomic mass is 16.7. The number of fused-ring (bicyclic) bond motifs is 1. The van der Waals surface area contributed by atoms with Crippen LogP contribution in [0.25, 0.3) is 0 Å². The normalized spacial score (nSPS) is 20.1. The molecule has 0 spiro atoms. The SMILES string of the molecule is CCCCN(C(=O)CN1C[C@H](c2ccc3c(c2)OCO3)[C@H](C(=O)O)[C@H]1c1ccc(OC)cc1)c1cccnc1. The zero-order valence-corrected chi connectivity index (χ0v) is 22.2. The number of pyridine rings is 1. The number of nitrogens with zero attached hydrogens (tertiary/aromatic N) is 3. The number of aromatic nitrogens is 1. The second kappa shape index (κ2) is 11.7. The Bertz CT molecular complexity index is 1300. The third-order valence-corrected chi connectivity index (χ3v) is 7.50. The van der Waals surface area contributed by atoms with Crippen LogP contribution in [0.3, 0.4) is 0 Å². The van der Waals surface area contributed by atoms with Crippen molar-refractivity contribution >= 4 is 17.6 Å². The quantitative estimate of drug-likeness (QED) is 0.408. The summed E-state index contributed by atoms with van der Waals surface area (Å²) in [5.41, 5.74) is 2.40. The van der Waals surface area contributed by atoms with E-state index in [9.17, 15) is 14.7 Å². The van der Waals surface area contributed by atoms with Crippen LogP contribution in [-0.2, 0) is 9.59 Å². The van der Waals surface area contributed by atoms with Gasteiger partial charge in [-0.1, -0.05) is 31.5 Å². The zero-order chi connectivity index (χ0) is 27.4. The van der Waals surface area contributed by atoms with Gasteiger partial charge < -0.3 is 24.2 Å². The van der Waals surface area contributed by atoms with Crippen molar-refractivity contribution in [1.29, 1.82) is 0 Å². The van der Waals surface area contributed by atoms with Gasteiger partial charge in [0.15, 0.2) is 11.5 Å². The molecule has 9 nitrogen and oxygen atoms in total. The van der Waals surface area contributed by atoms with Crippen LogP contribution in [0.2, 0.25) is 0 Å². The van der Waals surface area contributed by atoms with Crippen LogP contribution in [0.4, 0.5) is 5.69 Å². The van der Waals surface area contributed by atoms with Crippen molar-refractivity contribution in [3.63, 3.8) is 0 Å². The molecule has 1 N–H and O–H groups in total. The Hall–Kier alpha value is -4.11. The molecule has 0 bridgehead atoms. The lowest BCUT2D eigenvalue weighted by Crippen LogP contribution is -2.41. The highest BCUT2D eigenvalue weighted by molar-refractivity contribution is 5.94. The van der Waals surface area contributed by atoms with E-state index in [0.717, 1.165) is 29.7 Å². The number of likely N-dealkylation sites (tertiary alicyclic amines) is 1. The number of rotatable bonds is 10. The molecule has 2 aliphatic rings. The largest absolute Gasteiger partial charge is 0.497 e. The second-order valence-corrected chi connectivity index (χ2v) is 9.84. The number of carboxylic acids is 1. The average molecular weight is 532 g/mol. The maximum absolute atomic E-state index is 13.8. The van der Waals surface area contributed by atoms with Gasteiger partial charge in [-0.3, -0.25) is 19.5 Å². The summed E-state index contributed by atoms with van der Waals surface area (Å²) >= 11 is 0. The van der Waals surface area contributed by atoms with E-state index in [0.29, 0.717) is 30.3 Å². The van der Waals surface area contributed by atoms with Gasteiger partial charge in [0.05, 0.1) is 31.5 Å². The van der Waals surface area contributed by atoms with E-state index in [4.69, 9.17) is 14.2 Å². The standard InChI is InChI=1S/C30H33N3O6/c1-3-4-14-33(22-6-5-13-31-16-22)27(34)18-32-17-24(21-9-12-25-26(15-21)39-19-38-25)28(30(35)36)29(32)20-7-10-23(37-2)11-8-20/h5-13,15-16,24,28-29H,3-4,14,17-19H2,1-2H3,(H,35,36)/t24-,28+,29-/m1/s1. The molecule has 1 fully saturated rings. The summed E-state index contributed by atoms with van der Waals surface area (Å²) in [5.74, 6) is -0.219. The van der Waals surface area contributed by atoms with E-state index in [2.05, 4.69) is 11.9 Å². The van der Waals surface area contributed by atoms with Crippen LogP contribution in [0.5, 0.6) is 17.2 Å². The first-order valence-corrected chi connectivity index (χ1v) is 13.2. The third kappa shape index (κ3) is 5.54. The molecule has 0 unspecified atom stereocenters. The van der Waals surface area contributed by atoms with Gasteiger partial charge in [-0.2, -0.15) is 0 Å². The number of amides is 1. The minimum atomic E-state index is -0.913. The number of hydrogen-bond acceptors (Lipinski definition) is 7. The molecular weight excluding hydrogens is 498 g/mol. The van der Waals surface area contributed by atoms with Crippen LogP contribution < -0.4 is 19.1 Å². The highest BCUT2D eigenvalue weighted by Gasteiger charge is 2.48. The summed E-state index contributed by atoms with van der Waals surface area (Å²) < 4.78 is 16.4. The fourth-order valence-electron chi connectivity index (χ4n) is 5.56. The molecule has 1 amide bonds. The van der Waals surface area contributed by atoms with E-state index >= 15 is 0 Å². The fourth-order valence-corrected chi connectivity index (χ4v) is 5.56. The predicted molar refractivity (Wildman–Crippen MR) is 145 cm³/mol. The molecule has 204 valence electrons. The Morgan fingerprint density at radius 1 is 1.10 bits per heavy atom. The number of carboxylic acid groups (broad SMARTS) is 1. The molecule has 1 aromatic heterocycles. The lowest BCUT2D eigenvalue weighted by atomic mass is 9.82. The van der Waals surface area contributed by atoms with Gasteiger partial charge in [0.1, 0.15) is 5.75 Å². The Kier molecular flexibility index (Phi) is 7.97. The minimum Gasteiger partial charge on any atom is -0.497 e. The molecule has 2 aromatic carbocycles. The van der Waals surface area contributed by atoms with E-state index in [1.165, 1.54) is 0 Å². The predicted octanol–water partition coefficient (Wildman–Crippen LogP) is 4.49. The molecule has 5 rings (SSSR count). The smallest absolute Gasteiger partial charge is 0.309 e. The maximum atomic E-state index is 13.8. The lowest BCUT2D eigenvalue weighted by molar-refractivity contribution is -0.143. The molecule has 0 radical (unpaired) electrons. The monoisotopic (exact) mass is 531 g/mol. The second-order valence-electron chi connectivity index (χ2n) is 9.84. The number of unbranched alkanes of at least 4 members (excludes halogenated alkanes) is 1. The number of anilines is 1. The van der Waals surface area contributed by atoms with Crippen molar-refractivity contribution < 1.29 is 28.9 Å². The van der Waals surface area contributed by atoms with Crippen molar-refractivity contribution in [3.8, 4) is 17.2 Å². The Balaban J connectivity index is 1.50. The maximum Gasteiger partial charge on any atom is 0.309 e. The molecule has 39 heavy (non-hydrogen) atoms. The summed E-state index contributed by atoms with van der Waals surface area (Å²) in [4.78, 5) is 34.6. The molecule has 3 aromatic rings. The van der Waals surface area contributed by atoms with Gasteiger partial charge >= 0.3 is 5.97 Å². The molecule has 9 heteroatoms. The van der Waals surface area contributed by atoms with E-state index < -0.39 is 17.9 Å². The van der Waals surface area contributed by atoms with E-state index in [1.807, 2.05) is 59.5 Å². The molecule has 2 aliphatic heterocycles.